The van der Waals surface area contributed by atoms with Crippen LogP contribution in [-0.2, 0) is 7.05 Å². The average Bonchev–Trinajstić information content (AvgIpc) is 2.31. The smallest absolute Gasteiger partial charge is 0.0562 e. The molecule has 0 amide bonds. The summed E-state index contributed by atoms with van der Waals surface area (Å²) in [5.41, 5.74) is 6.36. The Bertz CT molecular complexity index is 225. The lowest BCUT2D eigenvalue weighted by Crippen LogP contribution is -1.91. The largest absolute Gasteiger partial charge is 0.327 e. The molecule has 0 atom stereocenters. The van der Waals surface area contributed by atoms with Crippen LogP contribution >= 0.6 is 0 Å². The van der Waals surface area contributed by atoms with Gasteiger partial charge >= 0.3 is 0 Å². The quantitative estimate of drug-likeness (QED) is 0.641. The number of aryl methyl sites for hydroxylation is 1. The van der Waals surface area contributed by atoms with Gasteiger partial charge < -0.3 is 5.73 Å². The predicted octanol–water partition coefficient (Wildman–Crippen LogP) is 0.392. The summed E-state index contributed by atoms with van der Waals surface area (Å²) in [5.74, 6) is 0. The Labute approximate surface area is 60.1 Å². The Morgan fingerprint density at radius 3 is 3.10 bits per heavy atom. The van der Waals surface area contributed by atoms with E-state index in [1.54, 1.807) is 10.9 Å². The first-order valence-electron chi connectivity index (χ1n) is 3.18. The fourth-order valence-electron chi connectivity index (χ4n) is 0.730. The van der Waals surface area contributed by atoms with Crippen molar-refractivity contribution in [3.63, 3.8) is 0 Å². The Morgan fingerprint density at radius 1 is 1.80 bits per heavy atom. The number of hydrogen-bond donors (Lipinski definition) is 1. The van der Waals surface area contributed by atoms with Crippen molar-refractivity contribution in [2.24, 2.45) is 12.8 Å². The summed E-state index contributed by atoms with van der Waals surface area (Å²) >= 11 is 0. The van der Waals surface area contributed by atoms with Crippen molar-refractivity contribution < 1.29 is 0 Å². The van der Waals surface area contributed by atoms with Crippen molar-refractivity contribution in [1.29, 1.82) is 0 Å². The van der Waals surface area contributed by atoms with Gasteiger partial charge in [0.1, 0.15) is 0 Å². The minimum absolute atomic E-state index is 0.578. The van der Waals surface area contributed by atoms with Gasteiger partial charge in [-0.25, -0.2) is 0 Å². The van der Waals surface area contributed by atoms with E-state index >= 15 is 0 Å². The summed E-state index contributed by atoms with van der Waals surface area (Å²) in [6.07, 6.45) is 7.59. The third-order valence-electron chi connectivity index (χ3n) is 1.17. The summed E-state index contributed by atoms with van der Waals surface area (Å²) < 4.78 is 1.76. The summed E-state index contributed by atoms with van der Waals surface area (Å²) in [4.78, 5) is 0. The second kappa shape index (κ2) is 3.17. The van der Waals surface area contributed by atoms with Crippen LogP contribution in [0, 0.1) is 0 Å². The first-order valence-corrected chi connectivity index (χ1v) is 3.18. The molecule has 0 aliphatic carbocycles. The Morgan fingerprint density at radius 2 is 2.60 bits per heavy atom. The third-order valence-corrected chi connectivity index (χ3v) is 1.17. The molecule has 10 heavy (non-hydrogen) atoms. The van der Waals surface area contributed by atoms with E-state index in [2.05, 4.69) is 5.10 Å². The van der Waals surface area contributed by atoms with E-state index in [0.717, 1.165) is 5.56 Å². The van der Waals surface area contributed by atoms with E-state index in [4.69, 9.17) is 5.73 Å². The highest BCUT2D eigenvalue weighted by molar-refractivity contribution is 5.46. The van der Waals surface area contributed by atoms with Crippen LogP contribution in [0.3, 0.4) is 0 Å². The number of nitrogens with zero attached hydrogens (tertiary/aromatic N) is 2. The van der Waals surface area contributed by atoms with Crippen molar-refractivity contribution in [2.75, 3.05) is 6.54 Å². The van der Waals surface area contributed by atoms with Gasteiger partial charge in [-0.1, -0.05) is 12.2 Å². The van der Waals surface area contributed by atoms with Crippen molar-refractivity contribution in [3.8, 4) is 0 Å². The highest BCUT2D eigenvalue weighted by atomic mass is 15.2. The third kappa shape index (κ3) is 1.70. The van der Waals surface area contributed by atoms with Gasteiger partial charge in [-0.2, -0.15) is 5.10 Å². The Balaban J connectivity index is 2.67. The van der Waals surface area contributed by atoms with Crippen molar-refractivity contribution >= 4 is 6.08 Å². The van der Waals surface area contributed by atoms with Crippen LogP contribution in [-0.4, -0.2) is 16.3 Å². The van der Waals surface area contributed by atoms with Gasteiger partial charge in [-0.15, -0.1) is 0 Å². The molecule has 0 spiro atoms. The lowest BCUT2D eigenvalue weighted by molar-refractivity contribution is 0.767. The number of nitrogens with two attached hydrogens (primary N) is 1. The van der Waals surface area contributed by atoms with Gasteiger partial charge in [0, 0.05) is 25.4 Å². The van der Waals surface area contributed by atoms with E-state index in [1.807, 2.05) is 25.4 Å². The van der Waals surface area contributed by atoms with Crippen LogP contribution < -0.4 is 5.73 Å². The van der Waals surface area contributed by atoms with Gasteiger partial charge in [-0.05, 0) is 0 Å². The summed E-state index contributed by atoms with van der Waals surface area (Å²) in [5, 5.41) is 3.99. The van der Waals surface area contributed by atoms with E-state index in [9.17, 15) is 0 Å². The summed E-state index contributed by atoms with van der Waals surface area (Å²) in [6.45, 7) is 0.578. The molecule has 0 aromatic carbocycles. The van der Waals surface area contributed by atoms with Crippen LogP contribution in [0.15, 0.2) is 18.5 Å². The van der Waals surface area contributed by atoms with Gasteiger partial charge in [-0.3, -0.25) is 4.68 Å². The highest BCUT2D eigenvalue weighted by Gasteiger charge is 1.86. The molecule has 1 heterocycles. The molecule has 0 aliphatic rings. The van der Waals surface area contributed by atoms with E-state index in [-0.39, 0.29) is 0 Å². The molecule has 0 aliphatic heterocycles. The molecule has 2 N–H and O–H groups in total. The van der Waals surface area contributed by atoms with Gasteiger partial charge in [0.15, 0.2) is 0 Å². The minimum atomic E-state index is 0.578. The number of hydrogen-bond acceptors (Lipinski definition) is 2. The molecule has 54 valence electrons. The number of rotatable bonds is 2. The predicted molar refractivity (Wildman–Crippen MR) is 41.3 cm³/mol. The second-order valence-electron chi connectivity index (χ2n) is 2.09. The molecule has 1 rings (SSSR count). The maximum atomic E-state index is 5.27. The summed E-state index contributed by atoms with van der Waals surface area (Å²) in [6, 6.07) is 0. The van der Waals surface area contributed by atoms with Crippen LogP contribution in [0.2, 0.25) is 0 Å². The SMILES string of the molecule is Cn1cc(/C=C\CN)cn1. The fourth-order valence-corrected chi connectivity index (χ4v) is 0.730. The molecule has 3 heteroatoms. The van der Waals surface area contributed by atoms with Crippen LogP contribution in [0.4, 0.5) is 0 Å². The lowest BCUT2D eigenvalue weighted by atomic mass is 10.3. The maximum absolute atomic E-state index is 5.27. The van der Waals surface area contributed by atoms with Crippen molar-refractivity contribution in [1.82, 2.24) is 9.78 Å². The van der Waals surface area contributed by atoms with Crippen LogP contribution in [0.5, 0.6) is 0 Å². The second-order valence-corrected chi connectivity index (χ2v) is 2.09. The normalized spacial score (nSPS) is 11.0. The lowest BCUT2D eigenvalue weighted by Gasteiger charge is -1.81. The molecule has 1 aromatic heterocycles. The molecule has 0 unspecified atom stereocenters. The zero-order valence-corrected chi connectivity index (χ0v) is 5.99. The van der Waals surface area contributed by atoms with Crippen molar-refractivity contribution in [2.45, 2.75) is 0 Å². The molecule has 1 aromatic rings. The van der Waals surface area contributed by atoms with Gasteiger partial charge in [0.25, 0.3) is 0 Å². The van der Waals surface area contributed by atoms with Gasteiger partial charge in [0.05, 0.1) is 6.20 Å². The molecule has 0 fully saturated rings. The molecular weight excluding hydrogens is 126 g/mol. The monoisotopic (exact) mass is 137 g/mol. The molecular formula is C7H11N3. The Hall–Kier alpha value is -1.09. The molecule has 3 nitrogen and oxygen atoms in total. The summed E-state index contributed by atoms with van der Waals surface area (Å²) in [7, 11) is 1.89. The number of aromatic nitrogens is 2. The van der Waals surface area contributed by atoms with Crippen LogP contribution in [0.1, 0.15) is 5.56 Å². The standard InChI is InChI=1S/C7H11N3/c1-10-6-7(5-9-10)3-2-4-8/h2-3,5-6H,4,8H2,1H3/b3-2-. The zero-order valence-electron chi connectivity index (χ0n) is 5.99. The topological polar surface area (TPSA) is 43.8 Å². The molecule has 0 bridgehead atoms. The minimum Gasteiger partial charge on any atom is -0.327 e. The van der Waals surface area contributed by atoms with Crippen molar-refractivity contribution in [3.05, 3.63) is 24.0 Å². The molecule has 0 saturated heterocycles. The molecule has 0 saturated carbocycles. The zero-order chi connectivity index (χ0) is 7.40. The maximum Gasteiger partial charge on any atom is 0.0562 e. The highest BCUT2D eigenvalue weighted by Crippen LogP contribution is 1.97. The van der Waals surface area contributed by atoms with E-state index in [1.165, 1.54) is 0 Å². The van der Waals surface area contributed by atoms with Crippen LogP contribution in [0.25, 0.3) is 6.08 Å². The Kier molecular flexibility index (Phi) is 2.23. The fraction of sp³-hybridized carbons (Fsp3) is 0.286. The van der Waals surface area contributed by atoms with E-state index in [0.29, 0.717) is 6.54 Å². The first kappa shape index (κ1) is 7.02. The first-order chi connectivity index (χ1) is 4.83. The van der Waals surface area contributed by atoms with Gasteiger partial charge in [0.2, 0.25) is 0 Å². The molecule has 0 radical (unpaired) electrons. The van der Waals surface area contributed by atoms with E-state index < -0.39 is 0 Å². The average molecular weight is 137 g/mol.